The molecule has 0 atom stereocenters. The molecule has 3 rings (SSSR count). The van der Waals surface area contributed by atoms with Gasteiger partial charge in [0.1, 0.15) is 0 Å². The fourth-order valence-corrected chi connectivity index (χ4v) is 4.08. The van der Waals surface area contributed by atoms with Gasteiger partial charge in [-0.2, -0.15) is 0 Å². The fourth-order valence-electron chi connectivity index (χ4n) is 4.08. The monoisotopic (exact) mass is 256 g/mol. The highest BCUT2D eigenvalue weighted by Gasteiger charge is 2.40. The Balaban J connectivity index is 2.26. The van der Waals surface area contributed by atoms with E-state index in [0.717, 1.165) is 0 Å². The van der Waals surface area contributed by atoms with Crippen LogP contribution in [0.1, 0.15) is 83.1 Å². The van der Waals surface area contributed by atoms with E-state index in [2.05, 4.69) is 53.7 Å². The number of rotatable bonds is 0. The summed E-state index contributed by atoms with van der Waals surface area (Å²) in [6, 6.07) is 5.12. The quantitative estimate of drug-likeness (QED) is 0.594. The van der Waals surface area contributed by atoms with Crippen LogP contribution in [0.5, 0.6) is 0 Å². The van der Waals surface area contributed by atoms with Crippen molar-refractivity contribution in [1.29, 1.82) is 0 Å². The molecule has 19 heavy (non-hydrogen) atoms. The summed E-state index contributed by atoms with van der Waals surface area (Å²) >= 11 is 0. The normalized spacial score (nSPS) is 25.8. The van der Waals surface area contributed by atoms with Gasteiger partial charge < -0.3 is 0 Å². The summed E-state index contributed by atoms with van der Waals surface area (Å²) in [4.78, 5) is 0. The molecule has 0 amide bonds. The Bertz CT molecular complexity index is 529. The van der Waals surface area contributed by atoms with Gasteiger partial charge in [0.2, 0.25) is 0 Å². The summed E-state index contributed by atoms with van der Waals surface area (Å²) in [7, 11) is 0. The van der Waals surface area contributed by atoms with Gasteiger partial charge in [-0.25, -0.2) is 0 Å². The highest BCUT2D eigenvalue weighted by molar-refractivity contribution is 5.51. The van der Waals surface area contributed by atoms with Crippen LogP contribution in [0.15, 0.2) is 12.1 Å². The van der Waals surface area contributed by atoms with Crippen LogP contribution in [-0.2, 0) is 22.7 Å². The number of fused-ring (bicyclic) bond motifs is 2. The second kappa shape index (κ2) is 3.65. The highest BCUT2D eigenvalue weighted by Crippen LogP contribution is 2.49. The van der Waals surface area contributed by atoms with E-state index >= 15 is 0 Å². The first kappa shape index (κ1) is 13.2. The predicted molar refractivity (Wildman–Crippen MR) is 83.1 cm³/mol. The molecule has 0 aliphatic heterocycles. The first-order chi connectivity index (χ1) is 8.63. The molecule has 0 heteroatoms. The van der Waals surface area contributed by atoms with Crippen molar-refractivity contribution in [2.45, 2.75) is 83.5 Å². The van der Waals surface area contributed by atoms with Crippen LogP contribution in [0.25, 0.3) is 0 Å². The largest absolute Gasteiger partial charge is 0.0558 e. The molecule has 1 aromatic rings. The van der Waals surface area contributed by atoms with E-state index in [0.29, 0.717) is 16.2 Å². The smallest absolute Gasteiger partial charge is 0.00976 e. The van der Waals surface area contributed by atoms with E-state index in [-0.39, 0.29) is 0 Å². The summed E-state index contributed by atoms with van der Waals surface area (Å²) < 4.78 is 0. The first-order valence-corrected chi connectivity index (χ1v) is 7.82. The number of hydrogen-bond donors (Lipinski definition) is 0. The molecule has 0 aromatic heterocycles. The van der Waals surface area contributed by atoms with Gasteiger partial charge in [0.25, 0.3) is 0 Å². The van der Waals surface area contributed by atoms with Gasteiger partial charge in [-0.15, -0.1) is 0 Å². The van der Waals surface area contributed by atoms with Crippen molar-refractivity contribution in [3.63, 3.8) is 0 Å². The van der Waals surface area contributed by atoms with Crippen LogP contribution in [0.4, 0.5) is 0 Å². The second-order valence-electron chi connectivity index (χ2n) is 8.71. The lowest BCUT2D eigenvalue weighted by Crippen LogP contribution is -2.34. The molecular formula is C19H28. The average molecular weight is 256 g/mol. The molecule has 0 saturated carbocycles. The third kappa shape index (κ3) is 1.87. The van der Waals surface area contributed by atoms with Crippen LogP contribution < -0.4 is 0 Å². The molecule has 2 aliphatic carbocycles. The summed E-state index contributed by atoms with van der Waals surface area (Å²) in [6.45, 7) is 14.5. The lowest BCUT2D eigenvalue weighted by atomic mass is 9.62. The van der Waals surface area contributed by atoms with E-state index in [4.69, 9.17) is 0 Å². The lowest BCUT2D eigenvalue weighted by molar-refractivity contribution is 0.331. The molecule has 0 radical (unpaired) electrons. The molecule has 0 bridgehead atoms. The van der Waals surface area contributed by atoms with E-state index in [1.54, 1.807) is 22.3 Å². The Morgan fingerprint density at radius 2 is 1.11 bits per heavy atom. The summed E-state index contributed by atoms with van der Waals surface area (Å²) in [6.07, 6.45) is 5.21. The van der Waals surface area contributed by atoms with Gasteiger partial charge in [-0.3, -0.25) is 0 Å². The predicted octanol–water partition coefficient (Wildman–Crippen LogP) is 5.26. The number of aryl methyl sites for hydroxylation is 1. The van der Waals surface area contributed by atoms with Gasteiger partial charge in [0.15, 0.2) is 0 Å². The van der Waals surface area contributed by atoms with Gasteiger partial charge >= 0.3 is 0 Å². The number of benzene rings is 1. The molecule has 0 spiro atoms. The van der Waals surface area contributed by atoms with Crippen molar-refractivity contribution in [3.8, 4) is 0 Å². The van der Waals surface area contributed by atoms with Gasteiger partial charge in [-0.1, -0.05) is 53.7 Å². The Morgan fingerprint density at radius 1 is 0.632 bits per heavy atom. The molecule has 0 heterocycles. The molecule has 0 unspecified atom stereocenters. The lowest BCUT2D eigenvalue weighted by Gasteiger charge is -2.42. The number of hydrogen-bond acceptors (Lipinski definition) is 0. The molecular weight excluding hydrogens is 228 g/mol. The van der Waals surface area contributed by atoms with Gasteiger partial charge in [0.05, 0.1) is 0 Å². The zero-order chi connectivity index (χ0) is 14.1. The maximum atomic E-state index is 2.57. The molecule has 0 nitrogen and oxygen atoms in total. The molecule has 2 aliphatic rings. The SMILES string of the molecule is CC1(C)CCc2cc3c(cc21)C(C)(C)CCC3(C)C. The third-order valence-electron chi connectivity index (χ3n) is 5.83. The Labute approximate surface area is 118 Å². The zero-order valence-corrected chi connectivity index (χ0v) is 13.5. The van der Waals surface area contributed by atoms with Crippen molar-refractivity contribution >= 4 is 0 Å². The maximum absolute atomic E-state index is 2.57. The zero-order valence-electron chi connectivity index (χ0n) is 13.5. The van der Waals surface area contributed by atoms with Gasteiger partial charge in [0, 0.05) is 0 Å². The van der Waals surface area contributed by atoms with E-state index in [1.165, 1.54) is 25.7 Å². The van der Waals surface area contributed by atoms with Crippen LogP contribution in [0, 0.1) is 0 Å². The van der Waals surface area contributed by atoms with Crippen molar-refractivity contribution in [1.82, 2.24) is 0 Å². The van der Waals surface area contributed by atoms with E-state index in [1.807, 2.05) is 0 Å². The molecule has 0 fully saturated rings. The molecule has 104 valence electrons. The van der Waals surface area contributed by atoms with Crippen LogP contribution in [-0.4, -0.2) is 0 Å². The average Bonchev–Trinajstić information content (AvgIpc) is 2.60. The summed E-state index contributed by atoms with van der Waals surface area (Å²) in [5, 5.41) is 0. The molecule has 1 aromatic carbocycles. The summed E-state index contributed by atoms with van der Waals surface area (Å²) in [5.74, 6) is 0. The van der Waals surface area contributed by atoms with Crippen molar-refractivity contribution in [3.05, 3.63) is 34.4 Å². The fraction of sp³-hybridized carbons (Fsp3) is 0.684. The maximum Gasteiger partial charge on any atom is -0.00976 e. The standard InChI is InChI=1S/C19H28/c1-17(2)8-7-13-11-15-16(12-14(13)17)19(5,6)10-9-18(15,3)4/h11-12H,7-10H2,1-6H3. The van der Waals surface area contributed by atoms with Crippen molar-refractivity contribution in [2.24, 2.45) is 0 Å². The topological polar surface area (TPSA) is 0 Å². The van der Waals surface area contributed by atoms with Crippen LogP contribution in [0.3, 0.4) is 0 Å². The van der Waals surface area contributed by atoms with E-state index < -0.39 is 0 Å². The minimum atomic E-state index is 0.346. The molecule has 0 N–H and O–H groups in total. The van der Waals surface area contributed by atoms with E-state index in [9.17, 15) is 0 Å². The Morgan fingerprint density at radius 3 is 1.68 bits per heavy atom. The van der Waals surface area contributed by atoms with Crippen molar-refractivity contribution in [2.75, 3.05) is 0 Å². The van der Waals surface area contributed by atoms with Crippen molar-refractivity contribution < 1.29 is 0 Å². The highest BCUT2D eigenvalue weighted by atomic mass is 14.4. The van der Waals surface area contributed by atoms with Crippen LogP contribution in [0.2, 0.25) is 0 Å². The van der Waals surface area contributed by atoms with Gasteiger partial charge in [-0.05, 0) is 64.2 Å². The Kier molecular flexibility index (Phi) is 2.54. The Hall–Kier alpha value is -0.780. The minimum absolute atomic E-state index is 0.346. The molecule has 0 saturated heterocycles. The summed E-state index contributed by atoms with van der Waals surface area (Å²) in [5.41, 5.74) is 7.57. The van der Waals surface area contributed by atoms with Crippen LogP contribution >= 0.6 is 0 Å². The third-order valence-corrected chi connectivity index (χ3v) is 5.83. The second-order valence-corrected chi connectivity index (χ2v) is 8.71. The minimum Gasteiger partial charge on any atom is -0.0558 e. The first-order valence-electron chi connectivity index (χ1n) is 7.82.